The first-order valence-electron chi connectivity index (χ1n) is 9.99. The maximum Gasteiger partial charge on any atom is 0.227 e. The van der Waals surface area contributed by atoms with Gasteiger partial charge < -0.3 is 9.84 Å². The van der Waals surface area contributed by atoms with Crippen LogP contribution in [0.1, 0.15) is 30.0 Å². The van der Waals surface area contributed by atoms with Crippen LogP contribution in [0.5, 0.6) is 0 Å². The summed E-state index contributed by atoms with van der Waals surface area (Å²) >= 11 is 1.60. The lowest BCUT2D eigenvalue weighted by Crippen LogP contribution is -2.13. The van der Waals surface area contributed by atoms with Gasteiger partial charge >= 0.3 is 0 Å². The van der Waals surface area contributed by atoms with Gasteiger partial charge in [-0.05, 0) is 51.8 Å². The van der Waals surface area contributed by atoms with Gasteiger partial charge in [-0.25, -0.2) is 4.98 Å². The fourth-order valence-corrected chi connectivity index (χ4v) is 4.50. The summed E-state index contributed by atoms with van der Waals surface area (Å²) in [6.45, 7) is 6.01. The molecule has 0 unspecified atom stereocenters. The minimum Gasteiger partial charge on any atom is -0.360 e. The van der Waals surface area contributed by atoms with Gasteiger partial charge in [0.15, 0.2) is 5.82 Å². The molecular weight excluding hydrogens is 396 g/mol. The van der Waals surface area contributed by atoms with Gasteiger partial charge in [0, 0.05) is 45.6 Å². The quantitative estimate of drug-likeness (QED) is 0.462. The highest BCUT2D eigenvalue weighted by Crippen LogP contribution is 2.34. The van der Waals surface area contributed by atoms with Crippen LogP contribution in [0.2, 0.25) is 0 Å². The molecule has 1 aliphatic rings. The molecule has 1 amide bonds. The van der Waals surface area contributed by atoms with E-state index in [-0.39, 0.29) is 11.8 Å². The molecule has 1 aromatic carbocycles. The number of thiazole rings is 1. The number of hydrogen-bond donors (Lipinski definition) is 1. The van der Waals surface area contributed by atoms with Crippen LogP contribution in [0, 0.1) is 26.7 Å². The van der Waals surface area contributed by atoms with E-state index in [1.165, 1.54) is 0 Å². The van der Waals surface area contributed by atoms with Crippen molar-refractivity contribution in [2.24, 2.45) is 5.92 Å². The fraction of sp³-hybridized carbons (Fsp3) is 0.261. The maximum atomic E-state index is 12.1. The van der Waals surface area contributed by atoms with Gasteiger partial charge in [-0.3, -0.25) is 9.36 Å². The topological polar surface area (TPSA) is 73.0 Å². The number of carbonyl (C=O) groups is 1. The minimum absolute atomic E-state index is 0.113. The van der Waals surface area contributed by atoms with Crippen molar-refractivity contribution in [1.82, 2.24) is 14.7 Å². The number of amides is 1. The zero-order valence-corrected chi connectivity index (χ0v) is 17.9. The largest absolute Gasteiger partial charge is 0.360 e. The Kier molecular flexibility index (Phi) is 4.55. The summed E-state index contributed by atoms with van der Waals surface area (Å²) in [5.74, 6) is 1.86. The lowest BCUT2D eigenvalue weighted by atomic mass is 10.2. The maximum absolute atomic E-state index is 12.1. The van der Waals surface area contributed by atoms with Crippen LogP contribution in [0.4, 0.5) is 5.69 Å². The third kappa shape index (κ3) is 3.45. The molecule has 0 spiro atoms. The third-order valence-electron chi connectivity index (χ3n) is 5.38. The number of benzene rings is 1. The van der Waals surface area contributed by atoms with E-state index in [2.05, 4.69) is 40.3 Å². The summed E-state index contributed by atoms with van der Waals surface area (Å²) in [5, 5.41) is 10.2. The van der Waals surface area contributed by atoms with Crippen molar-refractivity contribution in [3.05, 3.63) is 58.9 Å². The van der Waals surface area contributed by atoms with Crippen LogP contribution in [-0.2, 0) is 4.79 Å². The molecule has 30 heavy (non-hydrogen) atoms. The standard InChI is InChI=1S/C23H22N4O2S/c1-13-9-19(15(3)27(13)21-10-14(2)29-26-21)20-12-30-23(25-20)17-5-4-6-18(11-17)24-22(28)16-7-8-16/h4-6,9-12,16H,7-8H2,1-3H3,(H,24,28). The molecule has 4 aromatic rings. The first-order valence-corrected chi connectivity index (χ1v) is 10.9. The summed E-state index contributed by atoms with van der Waals surface area (Å²) in [7, 11) is 0. The van der Waals surface area contributed by atoms with Gasteiger partial charge in [-0.15, -0.1) is 11.3 Å². The van der Waals surface area contributed by atoms with Crippen LogP contribution >= 0.6 is 11.3 Å². The lowest BCUT2D eigenvalue weighted by Gasteiger charge is -2.05. The molecule has 3 aromatic heterocycles. The smallest absolute Gasteiger partial charge is 0.227 e. The molecule has 152 valence electrons. The number of anilines is 1. The number of nitrogens with zero attached hydrogens (tertiary/aromatic N) is 3. The summed E-state index contributed by atoms with van der Waals surface area (Å²) in [6, 6.07) is 12.0. The molecule has 3 heterocycles. The molecule has 0 radical (unpaired) electrons. The van der Waals surface area contributed by atoms with Crippen molar-refractivity contribution in [3.8, 4) is 27.6 Å². The highest BCUT2D eigenvalue weighted by Gasteiger charge is 2.29. The SMILES string of the molecule is Cc1cc(-n2c(C)cc(-c3csc(-c4cccc(NC(=O)C5CC5)c4)n3)c2C)no1. The molecule has 0 saturated heterocycles. The van der Waals surface area contributed by atoms with E-state index in [9.17, 15) is 4.79 Å². The van der Waals surface area contributed by atoms with E-state index < -0.39 is 0 Å². The van der Waals surface area contributed by atoms with Gasteiger partial charge in [-0.1, -0.05) is 17.3 Å². The van der Waals surface area contributed by atoms with Gasteiger partial charge in [-0.2, -0.15) is 0 Å². The van der Waals surface area contributed by atoms with Gasteiger partial charge in [0.2, 0.25) is 5.91 Å². The average Bonchev–Trinajstić information content (AvgIpc) is 3.20. The molecule has 1 N–H and O–H groups in total. The highest BCUT2D eigenvalue weighted by atomic mass is 32.1. The Morgan fingerprint density at radius 1 is 1.20 bits per heavy atom. The summed E-state index contributed by atoms with van der Waals surface area (Å²) in [6.07, 6.45) is 1.99. The van der Waals surface area contributed by atoms with Crippen molar-refractivity contribution < 1.29 is 9.32 Å². The molecule has 0 bridgehead atoms. The van der Waals surface area contributed by atoms with E-state index in [1.807, 2.05) is 37.3 Å². The predicted molar refractivity (Wildman–Crippen MR) is 118 cm³/mol. The van der Waals surface area contributed by atoms with Crippen molar-refractivity contribution in [1.29, 1.82) is 0 Å². The van der Waals surface area contributed by atoms with Crippen molar-refractivity contribution >= 4 is 22.9 Å². The predicted octanol–water partition coefficient (Wildman–Crippen LogP) is 5.53. The number of aromatic nitrogens is 3. The van der Waals surface area contributed by atoms with Crippen LogP contribution in [0.3, 0.4) is 0 Å². The molecular formula is C23H22N4O2S. The van der Waals surface area contributed by atoms with Gasteiger partial charge in [0.25, 0.3) is 0 Å². The first-order chi connectivity index (χ1) is 14.5. The van der Waals surface area contributed by atoms with Crippen LogP contribution in [0.15, 0.2) is 46.3 Å². The zero-order chi connectivity index (χ0) is 20.8. The van der Waals surface area contributed by atoms with Crippen LogP contribution < -0.4 is 5.32 Å². The van der Waals surface area contributed by atoms with E-state index in [0.717, 1.165) is 63.3 Å². The van der Waals surface area contributed by atoms with E-state index in [0.29, 0.717) is 0 Å². The minimum atomic E-state index is 0.113. The molecule has 6 nitrogen and oxygen atoms in total. The summed E-state index contributed by atoms with van der Waals surface area (Å²) in [4.78, 5) is 16.9. The Morgan fingerprint density at radius 2 is 2.03 bits per heavy atom. The lowest BCUT2D eigenvalue weighted by molar-refractivity contribution is -0.117. The van der Waals surface area contributed by atoms with E-state index in [1.54, 1.807) is 11.3 Å². The van der Waals surface area contributed by atoms with Gasteiger partial charge in [0.1, 0.15) is 10.8 Å². The Hall–Kier alpha value is -3.19. The number of rotatable bonds is 5. The van der Waals surface area contributed by atoms with Crippen LogP contribution in [0.25, 0.3) is 27.6 Å². The Balaban J connectivity index is 1.44. The molecule has 0 aliphatic heterocycles. The Labute approximate surface area is 178 Å². The summed E-state index contributed by atoms with van der Waals surface area (Å²) in [5.41, 5.74) is 5.98. The van der Waals surface area contributed by atoms with Gasteiger partial charge in [0.05, 0.1) is 5.69 Å². The average molecular weight is 419 g/mol. The van der Waals surface area contributed by atoms with Crippen LogP contribution in [-0.4, -0.2) is 20.6 Å². The monoisotopic (exact) mass is 418 g/mol. The molecule has 0 atom stereocenters. The third-order valence-corrected chi connectivity index (χ3v) is 6.27. The fourth-order valence-electron chi connectivity index (χ4n) is 3.68. The second kappa shape index (κ2) is 7.25. The first kappa shape index (κ1) is 18.8. The summed E-state index contributed by atoms with van der Waals surface area (Å²) < 4.78 is 7.33. The highest BCUT2D eigenvalue weighted by molar-refractivity contribution is 7.13. The van der Waals surface area contributed by atoms with E-state index in [4.69, 9.17) is 9.51 Å². The Bertz CT molecular complexity index is 1250. The zero-order valence-electron chi connectivity index (χ0n) is 17.1. The molecule has 1 fully saturated rings. The van der Waals surface area contributed by atoms with Crippen molar-refractivity contribution in [2.45, 2.75) is 33.6 Å². The second-order valence-corrected chi connectivity index (χ2v) is 8.66. The number of hydrogen-bond acceptors (Lipinski definition) is 5. The number of aryl methyl sites for hydroxylation is 2. The molecule has 1 aliphatic carbocycles. The van der Waals surface area contributed by atoms with E-state index >= 15 is 0 Å². The van der Waals surface area contributed by atoms with Crippen molar-refractivity contribution in [3.63, 3.8) is 0 Å². The molecule has 5 rings (SSSR count). The molecule has 1 saturated carbocycles. The Morgan fingerprint density at radius 3 is 2.77 bits per heavy atom. The second-order valence-electron chi connectivity index (χ2n) is 7.80. The number of carbonyl (C=O) groups excluding carboxylic acids is 1. The number of nitrogens with one attached hydrogen (secondary N) is 1. The molecule has 7 heteroatoms. The normalized spacial score (nSPS) is 13.6. The van der Waals surface area contributed by atoms with Crippen molar-refractivity contribution in [2.75, 3.05) is 5.32 Å².